The average Bonchev–Trinajstić information content (AvgIpc) is 2.35. The van der Waals surface area contributed by atoms with E-state index in [0.29, 0.717) is 0 Å². The number of fused-ring (bicyclic) bond motifs is 2. The van der Waals surface area contributed by atoms with Crippen LogP contribution in [0, 0.1) is 5.92 Å². The lowest BCUT2D eigenvalue weighted by molar-refractivity contribution is -0.131. The molecular weight excluding hydrogens is 290 g/mol. The number of nitrogens with zero attached hydrogens (tertiary/aromatic N) is 1. The van der Waals surface area contributed by atoms with Crippen molar-refractivity contribution in [2.75, 3.05) is 7.05 Å². The lowest BCUT2D eigenvalue weighted by Gasteiger charge is -2.36. The minimum atomic E-state index is 0.127. The lowest BCUT2D eigenvalue weighted by Crippen LogP contribution is -2.36. The van der Waals surface area contributed by atoms with E-state index >= 15 is 0 Å². The van der Waals surface area contributed by atoms with E-state index in [1.54, 1.807) is 0 Å². The van der Waals surface area contributed by atoms with E-state index in [9.17, 15) is 4.79 Å². The quantitative estimate of drug-likeness (QED) is 0.717. The molecule has 3 heteroatoms. The maximum atomic E-state index is 12.2. The van der Waals surface area contributed by atoms with E-state index in [1.165, 1.54) is 16.7 Å². The second-order valence-electron chi connectivity index (χ2n) is 5.26. The van der Waals surface area contributed by atoms with E-state index in [4.69, 9.17) is 0 Å². The van der Waals surface area contributed by atoms with Crippen molar-refractivity contribution >= 4 is 27.5 Å². The number of carbonyl (C=O) groups is 1. The highest BCUT2D eigenvalue weighted by molar-refractivity contribution is 9.10. The third-order valence-corrected chi connectivity index (χ3v) is 4.49. The number of allylic oxidation sites excluding steroid dienone is 1. The minimum Gasteiger partial charge on any atom is -0.315 e. The molecule has 1 aromatic rings. The molecule has 1 atom stereocenters. The molecule has 1 aliphatic heterocycles. The van der Waals surface area contributed by atoms with Crippen molar-refractivity contribution in [3.8, 4) is 0 Å². The Hall–Kier alpha value is -1.09. The Morgan fingerprint density at radius 3 is 2.89 bits per heavy atom. The second-order valence-corrected chi connectivity index (χ2v) is 6.17. The maximum Gasteiger partial charge on any atom is 0.229 e. The molecule has 1 aliphatic carbocycles. The highest BCUT2D eigenvalue weighted by Crippen LogP contribution is 2.40. The zero-order valence-electron chi connectivity index (χ0n) is 10.7. The fourth-order valence-electron chi connectivity index (χ4n) is 3.10. The Labute approximate surface area is 116 Å². The van der Waals surface area contributed by atoms with E-state index < -0.39 is 0 Å². The predicted molar refractivity (Wildman–Crippen MR) is 75.9 cm³/mol. The van der Waals surface area contributed by atoms with Crippen LogP contribution in [-0.2, 0) is 11.2 Å². The molecule has 1 amide bonds. The van der Waals surface area contributed by atoms with Crippen LogP contribution in [0.4, 0.5) is 0 Å². The number of rotatable bonds is 0. The highest BCUT2D eigenvalue weighted by Gasteiger charge is 2.33. The van der Waals surface area contributed by atoms with E-state index in [-0.39, 0.29) is 11.8 Å². The van der Waals surface area contributed by atoms with Crippen LogP contribution in [0.15, 0.2) is 28.2 Å². The van der Waals surface area contributed by atoms with Crippen LogP contribution in [0.5, 0.6) is 0 Å². The Morgan fingerprint density at radius 2 is 2.11 bits per heavy atom. The van der Waals surface area contributed by atoms with Gasteiger partial charge < -0.3 is 4.90 Å². The lowest BCUT2D eigenvalue weighted by atomic mass is 9.82. The molecule has 1 aromatic carbocycles. The van der Waals surface area contributed by atoms with Gasteiger partial charge in [-0.05, 0) is 42.5 Å². The third-order valence-electron chi connectivity index (χ3n) is 4.00. The summed E-state index contributed by atoms with van der Waals surface area (Å²) >= 11 is 3.53. The topological polar surface area (TPSA) is 20.3 Å². The number of aryl methyl sites for hydroxylation is 1. The summed E-state index contributed by atoms with van der Waals surface area (Å²) in [5.41, 5.74) is 5.18. The van der Waals surface area contributed by atoms with Gasteiger partial charge in [0.1, 0.15) is 0 Å². The van der Waals surface area contributed by atoms with Gasteiger partial charge in [0.05, 0.1) is 5.70 Å². The minimum absolute atomic E-state index is 0.127. The normalized spacial score (nSPS) is 22.9. The van der Waals surface area contributed by atoms with Crippen LogP contribution in [0.25, 0.3) is 5.70 Å². The molecule has 0 saturated heterocycles. The predicted octanol–water partition coefficient (Wildman–Crippen LogP) is 3.60. The SMILES string of the molecule is CC1CC2=C(c3cc(Br)ccc3CC2)N(C)C1=O. The molecule has 3 rings (SSSR count). The molecule has 0 fully saturated rings. The number of halogens is 1. The first-order valence-corrected chi connectivity index (χ1v) is 7.15. The van der Waals surface area contributed by atoms with Gasteiger partial charge in [0, 0.05) is 23.0 Å². The third kappa shape index (κ3) is 1.72. The van der Waals surface area contributed by atoms with Crippen molar-refractivity contribution in [1.29, 1.82) is 0 Å². The van der Waals surface area contributed by atoms with Crippen LogP contribution in [0.2, 0.25) is 0 Å². The van der Waals surface area contributed by atoms with Crippen molar-refractivity contribution in [3.63, 3.8) is 0 Å². The van der Waals surface area contributed by atoms with Gasteiger partial charge in [0.15, 0.2) is 0 Å². The van der Waals surface area contributed by atoms with Gasteiger partial charge in [0.25, 0.3) is 0 Å². The molecule has 2 nitrogen and oxygen atoms in total. The largest absolute Gasteiger partial charge is 0.315 e. The van der Waals surface area contributed by atoms with Gasteiger partial charge in [-0.1, -0.05) is 28.9 Å². The molecule has 18 heavy (non-hydrogen) atoms. The molecule has 0 aromatic heterocycles. The first-order chi connectivity index (χ1) is 8.58. The maximum absolute atomic E-state index is 12.2. The molecule has 0 spiro atoms. The van der Waals surface area contributed by atoms with Crippen LogP contribution in [0.1, 0.15) is 30.9 Å². The molecule has 0 bridgehead atoms. The summed E-state index contributed by atoms with van der Waals surface area (Å²) in [5.74, 6) is 0.365. The molecule has 1 heterocycles. The smallest absolute Gasteiger partial charge is 0.229 e. The molecule has 2 aliphatic rings. The fourth-order valence-corrected chi connectivity index (χ4v) is 3.46. The van der Waals surface area contributed by atoms with Gasteiger partial charge in [0.2, 0.25) is 5.91 Å². The summed E-state index contributed by atoms with van der Waals surface area (Å²) < 4.78 is 1.08. The van der Waals surface area contributed by atoms with Gasteiger partial charge in [-0.2, -0.15) is 0 Å². The van der Waals surface area contributed by atoms with Crippen molar-refractivity contribution in [1.82, 2.24) is 4.90 Å². The molecule has 0 N–H and O–H groups in total. The van der Waals surface area contributed by atoms with Crippen molar-refractivity contribution in [3.05, 3.63) is 39.4 Å². The van der Waals surface area contributed by atoms with E-state index in [1.807, 2.05) is 18.9 Å². The Balaban J connectivity index is 2.17. The molecular formula is C15H16BrNO. The molecule has 94 valence electrons. The first kappa shape index (κ1) is 12.0. The van der Waals surface area contributed by atoms with Crippen LogP contribution in [0.3, 0.4) is 0 Å². The summed E-state index contributed by atoms with van der Waals surface area (Å²) in [6.45, 7) is 2.03. The first-order valence-electron chi connectivity index (χ1n) is 6.36. The van der Waals surface area contributed by atoms with Crippen LogP contribution >= 0.6 is 15.9 Å². The summed E-state index contributed by atoms with van der Waals surface area (Å²) in [6.07, 6.45) is 3.10. The number of carbonyl (C=O) groups excluding carboxylic acids is 1. The van der Waals surface area contributed by atoms with Gasteiger partial charge in [-0.3, -0.25) is 4.79 Å². The zero-order chi connectivity index (χ0) is 12.9. The monoisotopic (exact) mass is 305 g/mol. The van der Waals surface area contributed by atoms with Crippen molar-refractivity contribution in [2.24, 2.45) is 5.92 Å². The Bertz CT molecular complexity index is 562. The van der Waals surface area contributed by atoms with Crippen LogP contribution < -0.4 is 0 Å². The van der Waals surface area contributed by atoms with Gasteiger partial charge >= 0.3 is 0 Å². The van der Waals surface area contributed by atoms with Crippen LogP contribution in [-0.4, -0.2) is 17.9 Å². The number of hydrogen-bond donors (Lipinski definition) is 0. The van der Waals surface area contributed by atoms with E-state index in [0.717, 1.165) is 29.4 Å². The zero-order valence-corrected chi connectivity index (χ0v) is 12.3. The molecule has 0 saturated carbocycles. The number of benzene rings is 1. The summed E-state index contributed by atoms with van der Waals surface area (Å²) in [6, 6.07) is 6.39. The van der Waals surface area contributed by atoms with E-state index in [2.05, 4.69) is 34.1 Å². The Morgan fingerprint density at radius 1 is 1.33 bits per heavy atom. The fraction of sp³-hybridized carbons (Fsp3) is 0.400. The average molecular weight is 306 g/mol. The highest BCUT2D eigenvalue weighted by atomic mass is 79.9. The standard InChI is InChI=1S/C15H16BrNO/c1-9-7-11-4-3-10-5-6-12(16)8-13(10)14(11)17(2)15(9)18/h5-6,8-9H,3-4,7H2,1-2H3. The summed E-state index contributed by atoms with van der Waals surface area (Å²) in [7, 11) is 1.91. The van der Waals surface area contributed by atoms with Gasteiger partial charge in [-0.15, -0.1) is 0 Å². The second kappa shape index (κ2) is 4.23. The van der Waals surface area contributed by atoms with Crippen molar-refractivity contribution < 1.29 is 4.79 Å². The summed E-state index contributed by atoms with van der Waals surface area (Å²) in [4.78, 5) is 14.0. The summed E-state index contributed by atoms with van der Waals surface area (Å²) in [5, 5.41) is 0. The molecule has 0 radical (unpaired) electrons. The number of hydrogen-bond acceptors (Lipinski definition) is 1. The van der Waals surface area contributed by atoms with Gasteiger partial charge in [-0.25, -0.2) is 0 Å². The van der Waals surface area contributed by atoms with Crippen molar-refractivity contribution in [2.45, 2.75) is 26.2 Å². The number of amides is 1. The molecule has 1 unspecified atom stereocenters. The Kier molecular flexibility index (Phi) is 2.81.